The van der Waals surface area contributed by atoms with Crippen LogP contribution in [0.4, 0.5) is 0 Å². The third-order valence-corrected chi connectivity index (χ3v) is 2.89. The van der Waals surface area contributed by atoms with Crippen molar-refractivity contribution in [3.05, 3.63) is 34.9 Å². The Morgan fingerprint density at radius 1 is 1.31 bits per heavy atom. The van der Waals surface area contributed by atoms with Crippen LogP contribution >= 0.6 is 0 Å². The quantitative estimate of drug-likeness (QED) is 0.697. The molecular weight excluding hydrogens is 158 g/mol. The van der Waals surface area contributed by atoms with E-state index in [2.05, 4.69) is 25.1 Å². The van der Waals surface area contributed by atoms with E-state index in [-0.39, 0.29) is 6.04 Å². The molecule has 13 heavy (non-hydrogen) atoms. The Morgan fingerprint density at radius 3 is 2.69 bits per heavy atom. The predicted octanol–water partition coefficient (Wildman–Crippen LogP) is 2.44. The van der Waals surface area contributed by atoms with E-state index < -0.39 is 0 Å². The minimum atomic E-state index is 0.168. The average Bonchev–Trinajstić information content (AvgIpc) is 2.42. The van der Waals surface area contributed by atoms with E-state index in [9.17, 15) is 0 Å². The minimum Gasteiger partial charge on any atom is -0.324 e. The van der Waals surface area contributed by atoms with Crippen LogP contribution in [0.25, 0.3) is 0 Å². The molecule has 0 fully saturated rings. The van der Waals surface area contributed by atoms with Crippen LogP contribution < -0.4 is 5.73 Å². The van der Waals surface area contributed by atoms with Crippen molar-refractivity contribution in [1.29, 1.82) is 0 Å². The lowest BCUT2D eigenvalue weighted by molar-refractivity contribution is 0.627. The largest absolute Gasteiger partial charge is 0.324 e. The van der Waals surface area contributed by atoms with E-state index in [1.165, 1.54) is 29.5 Å². The summed E-state index contributed by atoms with van der Waals surface area (Å²) in [6.07, 6.45) is 2.48. The average molecular weight is 175 g/mol. The molecular formula is C12H17N. The van der Waals surface area contributed by atoms with Crippen LogP contribution in [0.5, 0.6) is 0 Å². The van der Waals surface area contributed by atoms with E-state index in [1.807, 2.05) is 6.92 Å². The van der Waals surface area contributed by atoms with Crippen molar-refractivity contribution >= 4 is 0 Å². The van der Waals surface area contributed by atoms with Gasteiger partial charge in [0, 0.05) is 6.04 Å². The van der Waals surface area contributed by atoms with Gasteiger partial charge in [-0.25, -0.2) is 0 Å². The monoisotopic (exact) mass is 175 g/mol. The highest BCUT2D eigenvalue weighted by Crippen LogP contribution is 2.28. The second-order valence-corrected chi connectivity index (χ2v) is 4.33. The van der Waals surface area contributed by atoms with E-state index in [0.717, 1.165) is 5.92 Å². The second-order valence-electron chi connectivity index (χ2n) is 4.33. The number of fused-ring (bicyclic) bond motifs is 1. The Labute approximate surface area is 80.0 Å². The fourth-order valence-corrected chi connectivity index (χ4v) is 2.14. The number of hydrogen-bond acceptors (Lipinski definition) is 1. The summed E-state index contributed by atoms with van der Waals surface area (Å²) in [5, 5.41) is 0. The fraction of sp³-hybridized carbons (Fsp3) is 0.500. The SMILES string of the molecule is CC1Cc2ccc(C(C)N)cc2C1. The molecule has 1 heteroatoms. The molecule has 0 saturated carbocycles. The third-order valence-electron chi connectivity index (χ3n) is 2.89. The lowest BCUT2D eigenvalue weighted by Gasteiger charge is -2.07. The van der Waals surface area contributed by atoms with Crippen LogP contribution in [-0.4, -0.2) is 0 Å². The van der Waals surface area contributed by atoms with E-state index >= 15 is 0 Å². The Bertz CT molecular complexity index is 315. The van der Waals surface area contributed by atoms with Gasteiger partial charge in [-0.2, -0.15) is 0 Å². The van der Waals surface area contributed by atoms with Crippen molar-refractivity contribution in [1.82, 2.24) is 0 Å². The Kier molecular flexibility index (Phi) is 2.12. The molecule has 2 N–H and O–H groups in total. The van der Waals surface area contributed by atoms with Gasteiger partial charge >= 0.3 is 0 Å². The normalized spacial score (nSPS) is 22.8. The van der Waals surface area contributed by atoms with Crippen LogP contribution in [0.15, 0.2) is 18.2 Å². The maximum absolute atomic E-state index is 5.84. The zero-order valence-electron chi connectivity index (χ0n) is 8.38. The molecule has 0 heterocycles. The highest BCUT2D eigenvalue weighted by molar-refractivity contribution is 5.36. The zero-order chi connectivity index (χ0) is 9.42. The maximum atomic E-state index is 5.84. The molecule has 0 amide bonds. The number of hydrogen-bond donors (Lipinski definition) is 1. The van der Waals surface area contributed by atoms with Crippen LogP contribution in [0.1, 0.15) is 36.6 Å². The number of nitrogens with two attached hydrogens (primary N) is 1. The highest BCUT2D eigenvalue weighted by atomic mass is 14.6. The number of rotatable bonds is 1. The molecule has 70 valence electrons. The third kappa shape index (κ3) is 1.61. The molecule has 0 saturated heterocycles. The Hall–Kier alpha value is -0.820. The van der Waals surface area contributed by atoms with Gasteiger partial charge in [-0.15, -0.1) is 0 Å². The molecule has 1 aliphatic rings. The van der Waals surface area contributed by atoms with Crippen LogP contribution in [0, 0.1) is 5.92 Å². The summed E-state index contributed by atoms with van der Waals surface area (Å²) in [4.78, 5) is 0. The first-order valence-electron chi connectivity index (χ1n) is 5.04. The van der Waals surface area contributed by atoms with Gasteiger partial charge in [-0.1, -0.05) is 25.1 Å². The molecule has 1 nitrogen and oxygen atoms in total. The summed E-state index contributed by atoms with van der Waals surface area (Å²) in [5.74, 6) is 0.818. The van der Waals surface area contributed by atoms with Gasteiger partial charge in [-0.3, -0.25) is 0 Å². The first-order chi connectivity index (χ1) is 6.16. The molecule has 0 aliphatic heterocycles. The maximum Gasteiger partial charge on any atom is 0.0266 e. The molecule has 2 atom stereocenters. The highest BCUT2D eigenvalue weighted by Gasteiger charge is 2.17. The first-order valence-corrected chi connectivity index (χ1v) is 5.04. The van der Waals surface area contributed by atoms with Crippen LogP contribution in [-0.2, 0) is 12.8 Å². The molecule has 0 aromatic heterocycles. The summed E-state index contributed by atoms with van der Waals surface area (Å²) in [5.41, 5.74) is 10.2. The summed E-state index contributed by atoms with van der Waals surface area (Å²) in [7, 11) is 0. The lowest BCUT2D eigenvalue weighted by Crippen LogP contribution is -2.05. The van der Waals surface area contributed by atoms with Crippen LogP contribution in [0.3, 0.4) is 0 Å². The molecule has 1 aliphatic carbocycles. The number of benzene rings is 1. The zero-order valence-corrected chi connectivity index (χ0v) is 8.38. The van der Waals surface area contributed by atoms with Crippen LogP contribution in [0.2, 0.25) is 0 Å². The van der Waals surface area contributed by atoms with E-state index in [0.29, 0.717) is 0 Å². The second kappa shape index (κ2) is 3.15. The van der Waals surface area contributed by atoms with Crippen molar-refractivity contribution in [2.24, 2.45) is 11.7 Å². The topological polar surface area (TPSA) is 26.0 Å². The summed E-state index contributed by atoms with van der Waals surface area (Å²) < 4.78 is 0. The first kappa shape index (κ1) is 8.76. The molecule has 1 aromatic rings. The fourth-order valence-electron chi connectivity index (χ4n) is 2.14. The van der Waals surface area contributed by atoms with Gasteiger partial charge < -0.3 is 5.73 Å². The van der Waals surface area contributed by atoms with E-state index in [4.69, 9.17) is 5.73 Å². The van der Waals surface area contributed by atoms with Crippen molar-refractivity contribution in [3.63, 3.8) is 0 Å². The summed E-state index contributed by atoms with van der Waals surface area (Å²) in [6, 6.07) is 6.86. The van der Waals surface area contributed by atoms with Gasteiger partial charge in [0.25, 0.3) is 0 Å². The van der Waals surface area contributed by atoms with Crippen molar-refractivity contribution in [2.75, 3.05) is 0 Å². The van der Waals surface area contributed by atoms with Gasteiger partial charge in [0.2, 0.25) is 0 Å². The van der Waals surface area contributed by atoms with E-state index in [1.54, 1.807) is 0 Å². The predicted molar refractivity (Wildman–Crippen MR) is 55.6 cm³/mol. The summed E-state index contributed by atoms with van der Waals surface area (Å²) >= 11 is 0. The van der Waals surface area contributed by atoms with Gasteiger partial charge in [0.15, 0.2) is 0 Å². The minimum absolute atomic E-state index is 0.168. The molecule has 1 aromatic carbocycles. The van der Waals surface area contributed by atoms with Gasteiger partial charge in [0.05, 0.1) is 0 Å². The summed E-state index contributed by atoms with van der Waals surface area (Å²) in [6.45, 7) is 4.35. The Balaban J connectivity index is 2.35. The smallest absolute Gasteiger partial charge is 0.0266 e. The molecule has 0 radical (unpaired) electrons. The van der Waals surface area contributed by atoms with Crippen molar-refractivity contribution < 1.29 is 0 Å². The molecule has 2 rings (SSSR count). The molecule has 0 bridgehead atoms. The Morgan fingerprint density at radius 2 is 2.00 bits per heavy atom. The van der Waals surface area contributed by atoms with Gasteiger partial charge in [-0.05, 0) is 42.4 Å². The van der Waals surface area contributed by atoms with Crippen molar-refractivity contribution in [2.45, 2.75) is 32.7 Å². The van der Waals surface area contributed by atoms with Gasteiger partial charge in [0.1, 0.15) is 0 Å². The van der Waals surface area contributed by atoms with Crippen molar-refractivity contribution in [3.8, 4) is 0 Å². The molecule has 2 unspecified atom stereocenters. The standard InChI is InChI=1S/C12H17N/c1-8-5-11-4-3-10(9(2)13)7-12(11)6-8/h3-4,7-9H,5-6,13H2,1-2H3. The molecule has 0 spiro atoms. The lowest BCUT2D eigenvalue weighted by atomic mass is 10.0.